The zero-order chi connectivity index (χ0) is 15.8. The maximum Gasteiger partial charge on any atom is 0.243 e. The number of amides is 1. The number of allylic oxidation sites excluding steroid dienone is 3. The van der Waals surface area contributed by atoms with Crippen molar-refractivity contribution in [3.63, 3.8) is 0 Å². The van der Waals surface area contributed by atoms with Crippen molar-refractivity contribution in [3.8, 4) is 0 Å². The van der Waals surface area contributed by atoms with E-state index in [0.717, 1.165) is 6.42 Å². The quantitative estimate of drug-likeness (QED) is 0.625. The molecule has 1 amide bonds. The number of hydrogen-bond donors (Lipinski definition) is 1. The van der Waals surface area contributed by atoms with Gasteiger partial charge in [0.15, 0.2) is 0 Å². The summed E-state index contributed by atoms with van der Waals surface area (Å²) in [7, 11) is 0. The van der Waals surface area contributed by atoms with Gasteiger partial charge in [-0.15, -0.1) is 0 Å². The van der Waals surface area contributed by atoms with Gasteiger partial charge in [-0.05, 0) is 28.7 Å². The van der Waals surface area contributed by atoms with Gasteiger partial charge in [0.05, 0.1) is 0 Å². The Kier molecular flexibility index (Phi) is 5.96. The molecule has 0 fully saturated rings. The van der Waals surface area contributed by atoms with E-state index in [0.29, 0.717) is 12.5 Å². The summed E-state index contributed by atoms with van der Waals surface area (Å²) in [6.07, 6.45) is 8.23. The molecule has 0 saturated carbocycles. The number of carbonyl (C=O) groups excluding carboxylic acids is 1. The van der Waals surface area contributed by atoms with E-state index >= 15 is 0 Å². The SMILES string of the molecule is CC(C)CNC(=O)/C=C/C=C/Cc1cccc2ccccc12. The van der Waals surface area contributed by atoms with E-state index in [-0.39, 0.29) is 5.91 Å². The van der Waals surface area contributed by atoms with Crippen molar-refractivity contribution in [3.05, 3.63) is 72.3 Å². The highest BCUT2D eigenvalue weighted by molar-refractivity contribution is 5.87. The summed E-state index contributed by atoms with van der Waals surface area (Å²) in [5.74, 6) is 0.433. The molecule has 2 nitrogen and oxygen atoms in total. The van der Waals surface area contributed by atoms with Crippen molar-refractivity contribution in [2.75, 3.05) is 6.54 Å². The van der Waals surface area contributed by atoms with E-state index in [1.165, 1.54) is 16.3 Å². The summed E-state index contributed by atoms with van der Waals surface area (Å²) >= 11 is 0. The Labute approximate surface area is 132 Å². The van der Waals surface area contributed by atoms with Crippen LogP contribution in [0.15, 0.2) is 66.8 Å². The first kappa shape index (κ1) is 16.0. The molecule has 0 saturated heterocycles. The van der Waals surface area contributed by atoms with Crippen LogP contribution in [0.2, 0.25) is 0 Å². The maximum atomic E-state index is 11.5. The van der Waals surface area contributed by atoms with Crippen molar-refractivity contribution in [2.24, 2.45) is 5.92 Å². The highest BCUT2D eigenvalue weighted by Crippen LogP contribution is 2.18. The van der Waals surface area contributed by atoms with Gasteiger partial charge in [0.25, 0.3) is 0 Å². The van der Waals surface area contributed by atoms with Gasteiger partial charge in [0, 0.05) is 12.6 Å². The molecule has 2 rings (SSSR count). The molecule has 0 radical (unpaired) electrons. The second-order valence-electron chi connectivity index (χ2n) is 5.77. The smallest absolute Gasteiger partial charge is 0.243 e. The van der Waals surface area contributed by atoms with Gasteiger partial charge in [-0.1, -0.05) is 74.5 Å². The first-order chi connectivity index (χ1) is 10.7. The molecule has 0 aliphatic heterocycles. The Bertz CT molecular complexity index is 678. The molecule has 1 N–H and O–H groups in total. The first-order valence-corrected chi connectivity index (χ1v) is 7.74. The van der Waals surface area contributed by atoms with Crippen LogP contribution in [-0.2, 0) is 11.2 Å². The van der Waals surface area contributed by atoms with Crippen molar-refractivity contribution in [1.82, 2.24) is 5.32 Å². The van der Waals surface area contributed by atoms with Crippen LogP contribution in [0.3, 0.4) is 0 Å². The molecule has 0 spiro atoms. The zero-order valence-corrected chi connectivity index (χ0v) is 13.3. The van der Waals surface area contributed by atoms with Gasteiger partial charge in [-0.3, -0.25) is 4.79 Å². The van der Waals surface area contributed by atoms with E-state index in [9.17, 15) is 4.79 Å². The van der Waals surface area contributed by atoms with Crippen LogP contribution in [0.25, 0.3) is 10.8 Å². The topological polar surface area (TPSA) is 29.1 Å². The third-order valence-corrected chi connectivity index (χ3v) is 3.40. The van der Waals surface area contributed by atoms with Gasteiger partial charge in [-0.2, -0.15) is 0 Å². The third kappa shape index (κ3) is 4.88. The fourth-order valence-corrected chi connectivity index (χ4v) is 2.25. The van der Waals surface area contributed by atoms with E-state index in [1.807, 2.05) is 6.08 Å². The fourth-order valence-electron chi connectivity index (χ4n) is 2.25. The van der Waals surface area contributed by atoms with Crippen LogP contribution < -0.4 is 5.32 Å². The van der Waals surface area contributed by atoms with Crippen molar-refractivity contribution in [1.29, 1.82) is 0 Å². The summed E-state index contributed by atoms with van der Waals surface area (Å²) in [6, 6.07) is 14.7. The summed E-state index contributed by atoms with van der Waals surface area (Å²) in [5, 5.41) is 5.40. The highest BCUT2D eigenvalue weighted by Gasteiger charge is 1.98. The minimum atomic E-state index is -0.0384. The molecule has 2 heteroatoms. The average molecular weight is 293 g/mol. The van der Waals surface area contributed by atoms with Crippen molar-refractivity contribution < 1.29 is 4.79 Å². The molecule has 2 aromatic carbocycles. The van der Waals surface area contributed by atoms with Crippen LogP contribution in [0.1, 0.15) is 19.4 Å². The lowest BCUT2D eigenvalue weighted by molar-refractivity contribution is -0.116. The van der Waals surface area contributed by atoms with Crippen molar-refractivity contribution in [2.45, 2.75) is 20.3 Å². The normalized spacial score (nSPS) is 11.8. The number of hydrogen-bond acceptors (Lipinski definition) is 1. The Morgan fingerprint density at radius 3 is 2.68 bits per heavy atom. The summed E-state index contributed by atoms with van der Waals surface area (Å²) in [6.45, 7) is 4.87. The van der Waals surface area contributed by atoms with Crippen LogP contribution in [-0.4, -0.2) is 12.5 Å². The summed E-state index contributed by atoms with van der Waals surface area (Å²) in [5.41, 5.74) is 1.30. The molecular formula is C20H23NO. The average Bonchev–Trinajstić information content (AvgIpc) is 2.52. The molecule has 0 aliphatic rings. The van der Waals surface area contributed by atoms with Crippen LogP contribution in [0.5, 0.6) is 0 Å². The highest BCUT2D eigenvalue weighted by atomic mass is 16.1. The number of nitrogens with one attached hydrogen (secondary N) is 1. The Balaban J connectivity index is 1.90. The number of fused-ring (bicyclic) bond motifs is 1. The van der Waals surface area contributed by atoms with Gasteiger partial charge in [0.1, 0.15) is 0 Å². The minimum Gasteiger partial charge on any atom is -0.352 e. The number of benzene rings is 2. The monoisotopic (exact) mass is 293 g/mol. The molecule has 22 heavy (non-hydrogen) atoms. The predicted molar refractivity (Wildman–Crippen MR) is 93.8 cm³/mol. The van der Waals surface area contributed by atoms with Gasteiger partial charge in [0.2, 0.25) is 5.91 Å². The summed E-state index contributed by atoms with van der Waals surface area (Å²) < 4.78 is 0. The second kappa shape index (κ2) is 8.18. The molecule has 0 heterocycles. The Hall–Kier alpha value is -2.35. The lowest BCUT2D eigenvalue weighted by atomic mass is 10.0. The zero-order valence-electron chi connectivity index (χ0n) is 13.3. The standard InChI is InChI=1S/C20H23NO/c1-16(2)15-21-20(22)14-5-3-4-9-17-11-8-12-18-10-6-7-13-19(17)18/h3-8,10-14,16H,9,15H2,1-2H3,(H,21,22)/b4-3+,14-5+. The first-order valence-electron chi connectivity index (χ1n) is 7.74. The molecule has 0 bridgehead atoms. The summed E-state index contributed by atoms with van der Waals surface area (Å²) in [4.78, 5) is 11.5. The molecule has 0 aliphatic carbocycles. The Morgan fingerprint density at radius 2 is 1.86 bits per heavy atom. The minimum absolute atomic E-state index is 0.0384. The van der Waals surface area contributed by atoms with E-state index < -0.39 is 0 Å². The van der Waals surface area contributed by atoms with E-state index in [4.69, 9.17) is 0 Å². The maximum absolute atomic E-state index is 11.5. The number of rotatable bonds is 6. The largest absolute Gasteiger partial charge is 0.352 e. The third-order valence-electron chi connectivity index (χ3n) is 3.40. The molecule has 114 valence electrons. The van der Waals surface area contributed by atoms with Crippen LogP contribution in [0, 0.1) is 5.92 Å². The lowest BCUT2D eigenvalue weighted by Crippen LogP contribution is -2.25. The van der Waals surface area contributed by atoms with Crippen LogP contribution >= 0.6 is 0 Å². The van der Waals surface area contributed by atoms with E-state index in [1.54, 1.807) is 12.2 Å². The van der Waals surface area contributed by atoms with Crippen molar-refractivity contribution >= 4 is 16.7 Å². The Morgan fingerprint density at radius 1 is 1.09 bits per heavy atom. The predicted octanol–water partition coefficient (Wildman–Crippen LogP) is 4.27. The van der Waals surface area contributed by atoms with E-state index in [2.05, 4.69) is 67.7 Å². The second-order valence-corrected chi connectivity index (χ2v) is 5.77. The van der Waals surface area contributed by atoms with Crippen LogP contribution in [0.4, 0.5) is 0 Å². The molecule has 0 unspecified atom stereocenters. The number of carbonyl (C=O) groups is 1. The molecule has 0 aromatic heterocycles. The van der Waals surface area contributed by atoms with Gasteiger partial charge >= 0.3 is 0 Å². The fraction of sp³-hybridized carbons (Fsp3) is 0.250. The molecular weight excluding hydrogens is 270 g/mol. The van der Waals surface area contributed by atoms with Gasteiger partial charge in [-0.25, -0.2) is 0 Å². The molecule has 2 aromatic rings. The molecule has 0 atom stereocenters. The van der Waals surface area contributed by atoms with Gasteiger partial charge < -0.3 is 5.32 Å². The lowest BCUT2D eigenvalue weighted by Gasteiger charge is -2.04.